The van der Waals surface area contributed by atoms with Crippen molar-refractivity contribution in [2.24, 2.45) is 0 Å². The predicted molar refractivity (Wildman–Crippen MR) is 133 cm³/mol. The first-order valence-electron chi connectivity index (χ1n) is 10.3. The van der Waals surface area contributed by atoms with Crippen LogP contribution in [-0.2, 0) is 0 Å². The molecule has 5 nitrogen and oxygen atoms in total. The van der Waals surface area contributed by atoms with Crippen LogP contribution in [0.3, 0.4) is 0 Å². The van der Waals surface area contributed by atoms with E-state index in [9.17, 15) is 4.39 Å². The van der Waals surface area contributed by atoms with E-state index in [1.807, 2.05) is 59.5 Å². The van der Waals surface area contributed by atoms with Gasteiger partial charge in [0.05, 0.1) is 24.5 Å². The van der Waals surface area contributed by atoms with E-state index in [0.717, 1.165) is 16.9 Å². The summed E-state index contributed by atoms with van der Waals surface area (Å²) >= 11 is 9.19. The highest BCUT2D eigenvalue weighted by Gasteiger charge is 2.43. The summed E-state index contributed by atoms with van der Waals surface area (Å²) in [5, 5.41) is 3.95. The van der Waals surface area contributed by atoms with E-state index >= 15 is 0 Å². The normalized spacial score (nSPS) is 17.8. The molecule has 0 saturated carbocycles. The van der Waals surface area contributed by atoms with Gasteiger partial charge < -0.3 is 19.4 Å². The second-order valence-electron chi connectivity index (χ2n) is 7.49. The summed E-state index contributed by atoms with van der Waals surface area (Å²) in [6, 6.07) is 21.2. The number of pyridine rings is 1. The van der Waals surface area contributed by atoms with Gasteiger partial charge in [0.25, 0.3) is 0 Å². The Balaban J connectivity index is 1.63. The first-order valence-corrected chi connectivity index (χ1v) is 11.5. The molecule has 166 valence electrons. The predicted octanol–water partition coefficient (Wildman–Crippen LogP) is 6.43. The van der Waals surface area contributed by atoms with Crippen molar-refractivity contribution < 1.29 is 13.5 Å². The van der Waals surface area contributed by atoms with Crippen LogP contribution in [0.25, 0.3) is 11.3 Å². The van der Waals surface area contributed by atoms with Crippen molar-refractivity contribution in [2.75, 3.05) is 12.0 Å². The number of anilines is 1. The van der Waals surface area contributed by atoms with Gasteiger partial charge in [0, 0.05) is 16.2 Å². The SMILES string of the molecule is COc1ccccc1N1C(=S)N[C@@H](c2ccccn2)[C@@H]1c1ccc(-c2ccc(F)cc2Br)o1. The van der Waals surface area contributed by atoms with Gasteiger partial charge in [0.15, 0.2) is 5.11 Å². The first-order chi connectivity index (χ1) is 16.1. The molecule has 0 radical (unpaired) electrons. The number of ether oxygens (including phenoxy) is 1. The van der Waals surface area contributed by atoms with Crippen LogP contribution < -0.4 is 15.0 Å². The summed E-state index contributed by atoms with van der Waals surface area (Å²) in [6.45, 7) is 0. The van der Waals surface area contributed by atoms with Crippen molar-refractivity contribution in [3.63, 3.8) is 0 Å². The molecular weight excluding hydrogens is 505 g/mol. The molecule has 8 heteroatoms. The molecule has 4 aromatic rings. The number of benzene rings is 2. The van der Waals surface area contributed by atoms with E-state index in [1.54, 1.807) is 19.4 Å². The lowest BCUT2D eigenvalue weighted by Gasteiger charge is -2.27. The zero-order chi connectivity index (χ0) is 22.9. The maximum absolute atomic E-state index is 13.6. The third kappa shape index (κ3) is 4.00. The largest absolute Gasteiger partial charge is 0.495 e. The number of halogens is 2. The van der Waals surface area contributed by atoms with Crippen molar-refractivity contribution in [2.45, 2.75) is 12.1 Å². The average Bonchev–Trinajstić information content (AvgIpc) is 3.44. The smallest absolute Gasteiger partial charge is 0.174 e. The number of methoxy groups -OCH3 is 1. The molecule has 2 aromatic carbocycles. The van der Waals surface area contributed by atoms with Gasteiger partial charge in [0.1, 0.15) is 29.1 Å². The van der Waals surface area contributed by atoms with Gasteiger partial charge in [-0.05, 0) is 82.7 Å². The highest BCUT2D eigenvalue weighted by Crippen LogP contribution is 2.45. The number of aromatic nitrogens is 1. The minimum atomic E-state index is -0.323. The second kappa shape index (κ2) is 8.96. The van der Waals surface area contributed by atoms with Gasteiger partial charge in [-0.15, -0.1) is 0 Å². The number of para-hydroxylation sites is 2. The summed E-state index contributed by atoms with van der Waals surface area (Å²) in [7, 11) is 1.63. The molecule has 33 heavy (non-hydrogen) atoms. The standard InChI is InChI=1S/C25H19BrFN3O2S/c1-31-21-8-3-2-7-19(21)30-24(23(29-25(30)33)18-6-4-5-13-28-18)22-12-11-20(32-22)16-10-9-15(27)14-17(16)26/h2-14,23-24H,1H3,(H,29,33)/t23-,24-/m0/s1. The zero-order valence-corrected chi connectivity index (χ0v) is 19.9. The van der Waals surface area contributed by atoms with Crippen molar-refractivity contribution in [3.05, 3.63) is 101 Å². The highest BCUT2D eigenvalue weighted by molar-refractivity contribution is 9.10. The monoisotopic (exact) mass is 523 g/mol. The van der Waals surface area contributed by atoms with Crippen LogP contribution in [-0.4, -0.2) is 17.2 Å². The fourth-order valence-electron chi connectivity index (χ4n) is 4.08. The lowest BCUT2D eigenvalue weighted by molar-refractivity contribution is 0.409. The Hall–Kier alpha value is -3.23. The Labute approximate surface area is 204 Å². The van der Waals surface area contributed by atoms with E-state index in [1.165, 1.54) is 12.1 Å². The summed E-state index contributed by atoms with van der Waals surface area (Å²) < 4.78 is 26.2. The molecule has 3 heterocycles. The first kappa shape index (κ1) is 21.6. The Morgan fingerprint density at radius 3 is 2.67 bits per heavy atom. The number of furan rings is 1. The lowest BCUT2D eigenvalue weighted by atomic mass is 10.0. The number of hydrogen-bond acceptors (Lipinski definition) is 4. The van der Waals surface area contributed by atoms with E-state index < -0.39 is 0 Å². The number of hydrogen-bond donors (Lipinski definition) is 1. The third-order valence-electron chi connectivity index (χ3n) is 5.56. The van der Waals surface area contributed by atoms with E-state index in [4.69, 9.17) is 21.4 Å². The Bertz CT molecular complexity index is 1310. The molecule has 0 unspecified atom stereocenters. The van der Waals surface area contributed by atoms with Crippen molar-refractivity contribution in [1.82, 2.24) is 10.3 Å². The third-order valence-corrected chi connectivity index (χ3v) is 6.53. The molecule has 1 N–H and O–H groups in total. The average molecular weight is 524 g/mol. The van der Waals surface area contributed by atoms with Crippen LogP contribution in [0.5, 0.6) is 5.75 Å². The van der Waals surface area contributed by atoms with E-state index in [0.29, 0.717) is 26.9 Å². The Morgan fingerprint density at radius 2 is 1.91 bits per heavy atom. The Kier molecular flexibility index (Phi) is 5.86. The summed E-state index contributed by atoms with van der Waals surface area (Å²) in [6.07, 6.45) is 1.76. The molecule has 1 aliphatic heterocycles. The Morgan fingerprint density at radius 1 is 1.09 bits per heavy atom. The quantitative estimate of drug-likeness (QED) is 0.304. The van der Waals surface area contributed by atoms with Crippen LogP contribution >= 0.6 is 28.1 Å². The van der Waals surface area contributed by atoms with Crippen molar-refractivity contribution >= 4 is 38.9 Å². The van der Waals surface area contributed by atoms with Gasteiger partial charge in [0.2, 0.25) is 0 Å². The molecule has 0 bridgehead atoms. The molecule has 0 amide bonds. The molecule has 1 aliphatic rings. The highest BCUT2D eigenvalue weighted by atomic mass is 79.9. The fraction of sp³-hybridized carbons (Fsp3) is 0.120. The minimum absolute atomic E-state index is 0.251. The maximum Gasteiger partial charge on any atom is 0.174 e. The summed E-state index contributed by atoms with van der Waals surface area (Å²) in [5.41, 5.74) is 2.42. The second-order valence-corrected chi connectivity index (χ2v) is 8.74. The zero-order valence-electron chi connectivity index (χ0n) is 17.5. The topological polar surface area (TPSA) is 50.5 Å². The van der Waals surface area contributed by atoms with Crippen LogP contribution in [0, 0.1) is 5.82 Å². The van der Waals surface area contributed by atoms with E-state index in [-0.39, 0.29) is 17.9 Å². The van der Waals surface area contributed by atoms with Crippen LogP contribution in [0.2, 0.25) is 0 Å². The van der Waals surface area contributed by atoms with Gasteiger partial charge >= 0.3 is 0 Å². The number of thiocarbonyl (C=S) groups is 1. The summed E-state index contributed by atoms with van der Waals surface area (Å²) in [5.74, 6) is 1.69. The van der Waals surface area contributed by atoms with Gasteiger partial charge in [-0.1, -0.05) is 18.2 Å². The summed E-state index contributed by atoms with van der Waals surface area (Å²) in [4.78, 5) is 6.56. The molecule has 5 rings (SSSR count). The number of nitrogens with zero attached hydrogens (tertiary/aromatic N) is 2. The van der Waals surface area contributed by atoms with Crippen LogP contribution in [0.1, 0.15) is 23.5 Å². The maximum atomic E-state index is 13.6. The van der Waals surface area contributed by atoms with Gasteiger partial charge in [-0.25, -0.2) is 4.39 Å². The van der Waals surface area contributed by atoms with E-state index in [2.05, 4.69) is 26.2 Å². The van der Waals surface area contributed by atoms with Crippen LogP contribution in [0.4, 0.5) is 10.1 Å². The number of nitrogens with one attached hydrogen (secondary N) is 1. The van der Waals surface area contributed by atoms with Crippen molar-refractivity contribution in [3.8, 4) is 17.1 Å². The minimum Gasteiger partial charge on any atom is -0.495 e. The molecule has 2 atom stereocenters. The number of rotatable bonds is 5. The molecule has 1 saturated heterocycles. The lowest BCUT2D eigenvalue weighted by Crippen LogP contribution is -2.29. The van der Waals surface area contributed by atoms with Crippen molar-refractivity contribution in [1.29, 1.82) is 0 Å². The molecule has 0 aliphatic carbocycles. The van der Waals surface area contributed by atoms with Gasteiger partial charge in [-0.2, -0.15) is 0 Å². The fourth-order valence-corrected chi connectivity index (χ4v) is 4.96. The molecule has 1 fully saturated rings. The molecule has 2 aromatic heterocycles. The molecule has 0 spiro atoms. The van der Waals surface area contributed by atoms with Gasteiger partial charge in [-0.3, -0.25) is 4.98 Å². The van der Waals surface area contributed by atoms with Crippen LogP contribution in [0.15, 0.2) is 87.9 Å². The molecular formula is C25H19BrFN3O2S.